The van der Waals surface area contributed by atoms with Gasteiger partial charge < -0.3 is 10.4 Å². The molecule has 1 fully saturated rings. The van der Waals surface area contributed by atoms with E-state index in [-0.39, 0.29) is 18.2 Å². The maximum absolute atomic E-state index is 11.3. The Morgan fingerprint density at radius 2 is 2.00 bits per heavy atom. The molecule has 1 saturated heterocycles. The molecule has 7 heteroatoms. The topological polar surface area (TPSA) is 86.7 Å². The van der Waals surface area contributed by atoms with E-state index in [1.807, 2.05) is 0 Å². The molecule has 0 atom stereocenters. The predicted octanol–water partition coefficient (Wildman–Crippen LogP) is -0.359. The van der Waals surface area contributed by atoms with Crippen molar-refractivity contribution >= 4 is 16.0 Å². The number of sulfonamides is 1. The summed E-state index contributed by atoms with van der Waals surface area (Å²) in [6.07, 6.45) is 2.59. The number of aliphatic carboxylic acids is 1. The van der Waals surface area contributed by atoms with Gasteiger partial charge in [0.1, 0.15) is 0 Å². The molecule has 1 rings (SSSR count). The van der Waals surface area contributed by atoms with Crippen molar-refractivity contribution in [1.29, 1.82) is 0 Å². The molecule has 98 valence electrons. The summed E-state index contributed by atoms with van der Waals surface area (Å²) < 4.78 is 24.0. The first-order valence-electron chi connectivity index (χ1n) is 5.40. The van der Waals surface area contributed by atoms with Crippen LogP contribution in [0.1, 0.15) is 12.8 Å². The van der Waals surface area contributed by atoms with Crippen LogP contribution < -0.4 is 5.32 Å². The summed E-state index contributed by atoms with van der Waals surface area (Å²) in [6.45, 7) is 4.62. The first-order valence-corrected chi connectivity index (χ1v) is 7.25. The van der Waals surface area contributed by atoms with E-state index >= 15 is 0 Å². The van der Waals surface area contributed by atoms with Crippen LogP contribution in [0.25, 0.3) is 0 Å². The number of nitrogens with zero attached hydrogens (tertiary/aromatic N) is 1. The van der Waals surface area contributed by atoms with Gasteiger partial charge in [-0.3, -0.25) is 0 Å². The molecule has 0 aromatic carbocycles. The van der Waals surface area contributed by atoms with E-state index in [9.17, 15) is 13.2 Å². The maximum Gasteiger partial charge on any atom is 0.332 e. The van der Waals surface area contributed by atoms with Crippen LogP contribution in [0.15, 0.2) is 12.2 Å². The van der Waals surface area contributed by atoms with E-state index in [0.717, 1.165) is 0 Å². The van der Waals surface area contributed by atoms with Gasteiger partial charge >= 0.3 is 5.97 Å². The standard InChI is InChI=1S/C10H18N2O4S/c1-8(10(13)14)7-11-9-3-5-12(6-4-9)17(2,15)16/h9,11H,1,3-7H2,2H3,(H,13,14). The van der Waals surface area contributed by atoms with Crippen LogP contribution in [-0.4, -0.2) is 55.7 Å². The Morgan fingerprint density at radius 3 is 2.41 bits per heavy atom. The summed E-state index contributed by atoms with van der Waals surface area (Å²) in [6, 6.07) is 0.157. The quantitative estimate of drug-likeness (QED) is 0.661. The molecule has 1 aliphatic heterocycles. The van der Waals surface area contributed by atoms with Crippen LogP contribution in [0.5, 0.6) is 0 Å². The van der Waals surface area contributed by atoms with Crippen LogP contribution in [0.4, 0.5) is 0 Å². The molecule has 2 N–H and O–H groups in total. The second kappa shape index (κ2) is 5.61. The molecule has 1 heterocycles. The van der Waals surface area contributed by atoms with Gasteiger partial charge in [-0.25, -0.2) is 17.5 Å². The lowest BCUT2D eigenvalue weighted by atomic mass is 10.1. The Hall–Kier alpha value is -0.920. The Balaban J connectivity index is 2.33. The summed E-state index contributed by atoms with van der Waals surface area (Å²) in [5.74, 6) is -1.01. The third-order valence-corrected chi connectivity index (χ3v) is 4.13. The molecule has 0 aliphatic carbocycles. The lowest BCUT2D eigenvalue weighted by Crippen LogP contribution is -2.45. The first kappa shape index (κ1) is 14.1. The number of carboxylic acids is 1. The minimum atomic E-state index is -3.10. The predicted molar refractivity (Wildman–Crippen MR) is 64.2 cm³/mol. The zero-order chi connectivity index (χ0) is 13.1. The SMILES string of the molecule is C=C(CNC1CCN(S(C)(=O)=O)CC1)C(=O)O. The molecule has 0 amide bonds. The van der Waals surface area contributed by atoms with Gasteiger partial charge in [0.15, 0.2) is 0 Å². The second-order valence-electron chi connectivity index (χ2n) is 4.23. The Morgan fingerprint density at radius 1 is 1.47 bits per heavy atom. The Labute approximate surface area is 101 Å². The monoisotopic (exact) mass is 262 g/mol. The number of hydrogen-bond acceptors (Lipinski definition) is 4. The van der Waals surface area contributed by atoms with Gasteiger partial charge in [-0.05, 0) is 12.8 Å². The summed E-state index contributed by atoms with van der Waals surface area (Å²) in [5.41, 5.74) is 0.121. The van der Waals surface area contributed by atoms with E-state index < -0.39 is 16.0 Å². The summed E-state index contributed by atoms with van der Waals surface area (Å²) >= 11 is 0. The van der Waals surface area contributed by atoms with E-state index in [1.54, 1.807) is 0 Å². The van der Waals surface area contributed by atoms with Gasteiger partial charge in [-0.2, -0.15) is 0 Å². The molecule has 17 heavy (non-hydrogen) atoms. The van der Waals surface area contributed by atoms with Crippen molar-refractivity contribution in [3.8, 4) is 0 Å². The summed E-state index contributed by atoms with van der Waals surface area (Å²) in [4.78, 5) is 10.5. The highest BCUT2D eigenvalue weighted by atomic mass is 32.2. The number of carboxylic acid groups (broad SMARTS) is 1. The van der Waals surface area contributed by atoms with Crippen molar-refractivity contribution in [2.24, 2.45) is 0 Å². The average Bonchev–Trinajstić information content (AvgIpc) is 2.25. The molecular weight excluding hydrogens is 244 g/mol. The normalized spacial score (nSPS) is 19.1. The molecule has 0 bridgehead atoms. The summed E-state index contributed by atoms with van der Waals surface area (Å²) in [5, 5.41) is 11.7. The zero-order valence-corrected chi connectivity index (χ0v) is 10.7. The fourth-order valence-electron chi connectivity index (χ4n) is 1.73. The van der Waals surface area contributed by atoms with Crippen molar-refractivity contribution in [1.82, 2.24) is 9.62 Å². The third-order valence-electron chi connectivity index (χ3n) is 2.83. The molecule has 1 aliphatic rings. The minimum absolute atomic E-state index is 0.121. The molecule has 0 radical (unpaired) electrons. The van der Waals surface area contributed by atoms with Crippen LogP contribution in [0, 0.1) is 0 Å². The van der Waals surface area contributed by atoms with Crippen molar-refractivity contribution < 1.29 is 18.3 Å². The van der Waals surface area contributed by atoms with Crippen molar-refractivity contribution in [2.75, 3.05) is 25.9 Å². The van der Waals surface area contributed by atoms with Crippen LogP contribution in [0.3, 0.4) is 0 Å². The van der Waals surface area contributed by atoms with E-state index in [1.165, 1.54) is 10.6 Å². The number of carbonyl (C=O) groups is 1. The van der Waals surface area contributed by atoms with E-state index in [0.29, 0.717) is 25.9 Å². The molecule has 0 unspecified atom stereocenters. The lowest BCUT2D eigenvalue weighted by molar-refractivity contribution is -0.132. The summed E-state index contributed by atoms with van der Waals surface area (Å²) in [7, 11) is -3.10. The van der Waals surface area contributed by atoms with Gasteiger partial charge in [0.05, 0.1) is 6.26 Å². The van der Waals surface area contributed by atoms with Gasteiger partial charge in [0.2, 0.25) is 10.0 Å². The van der Waals surface area contributed by atoms with Crippen molar-refractivity contribution in [3.63, 3.8) is 0 Å². The molecule has 0 spiro atoms. The smallest absolute Gasteiger partial charge is 0.332 e. The Kier molecular flexibility index (Phi) is 4.67. The maximum atomic E-state index is 11.3. The van der Waals surface area contributed by atoms with Crippen LogP contribution in [0.2, 0.25) is 0 Å². The minimum Gasteiger partial charge on any atom is -0.478 e. The molecular formula is C10H18N2O4S. The largest absolute Gasteiger partial charge is 0.478 e. The molecule has 0 aromatic rings. The number of piperidine rings is 1. The highest BCUT2D eigenvalue weighted by Gasteiger charge is 2.24. The third kappa shape index (κ3) is 4.45. The first-order chi connectivity index (χ1) is 7.80. The van der Waals surface area contributed by atoms with Crippen molar-refractivity contribution in [3.05, 3.63) is 12.2 Å². The zero-order valence-electron chi connectivity index (χ0n) is 9.85. The lowest BCUT2D eigenvalue weighted by Gasteiger charge is -2.30. The van der Waals surface area contributed by atoms with Gasteiger partial charge in [0, 0.05) is 31.2 Å². The molecule has 6 nitrogen and oxygen atoms in total. The highest BCUT2D eigenvalue weighted by molar-refractivity contribution is 7.88. The molecule has 0 saturated carbocycles. The van der Waals surface area contributed by atoms with E-state index in [2.05, 4.69) is 11.9 Å². The van der Waals surface area contributed by atoms with E-state index in [4.69, 9.17) is 5.11 Å². The second-order valence-corrected chi connectivity index (χ2v) is 6.21. The van der Waals surface area contributed by atoms with Gasteiger partial charge in [0.25, 0.3) is 0 Å². The number of rotatable bonds is 5. The van der Waals surface area contributed by atoms with Gasteiger partial charge in [-0.1, -0.05) is 6.58 Å². The van der Waals surface area contributed by atoms with Crippen molar-refractivity contribution in [2.45, 2.75) is 18.9 Å². The van der Waals surface area contributed by atoms with Crippen LogP contribution >= 0.6 is 0 Å². The fraction of sp³-hybridized carbons (Fsp3) is 0.700. The molecule has 0 aromatic heterocycles. The Bertz CT molecular complexity index is 397. The van der Waals surface area contributed by atoms with Crippen LogP contribution in [-0.2, 0) is 14.8 Å². The number of nitrogens with one attached hydrogen (secondary N) is 1. The highest BCUT2D eigenvalue weighted by Crippen LogP contribution is 2.13. The van der Waals surface area contributed by atoms with Gasteiger partial charge in [-0.15, -0.1) is 0 Å². The number of hydrogen-bond donors (Lipinski definition) is 2. The fourth-order valence-corrected chi connectivity index (χ4v) is 2.61. The average molecular weight is 262 g/mol.